The monoisotopic (exact) mass is 780 g/mol. The molecule has 0 fully saturated rings. The van der Waals surface area contributed by atoms with Crippen LogP contribution in [0.3, 0.4) is 0 Å². The summed E-state index contributed by atoms with van der Waals surface area (Å²) in [4.78, 5) is 12.4. The van der Waals surface area contributed by atoms with Crippen molar-refractivity contribution in [3.05, 3.63) is 0 Å². The molecule has 55 heavy (non-hydrogen) atoms. The Morgan fingerprint density at radius 2 is 0.618 bits per heavy atom. The summed E-state index contributed by atoms with van der Waals surface area (Å²) in [5.74, 6) is -0.139. The highest BCUT2D eigenvalue weighted by Crippen LogP contribution is 2.18. The second-order valence-electron chi connectivity index (χ2n) is 17.7. The van der Waals surface area contributed by atoms with Gasteiger partial charge in [0.15, 0.2) is 0 Å². The van der Waals surface area contributed by atoms with Gasteiger partial charge < -0.3 is 20.6 Å². The second kappa shape index (κ2) is 46.0. The standard InChI is InChI=1S/C50H101NO4/c1-3-5-7-9-11-13-15-16-17-18-19-20-21-22-23-24-25-26-27-28-29-30-31-32-33-35-37-39-41-43-45-49(54)51-47(46-52)50(55)48(53)44-42-40-38-36-34-14-12-10-8-6-4-2/h47-48,50,52-53,55H,3-46H2,1-2H3,(H,51,54). The average molecular weight is 780 g/mol. The summed E-state index contributed by atoms with van der Waals surface area (Å²) in [6.07, 6.45) is 54.0. The molecule has 1 amide bonds. The summed E-state index contributed by atoms with van der Waals surface area (Å²) in [5.41, 5.74) is 0. The molecule has 0 aromatic rings. The van der Waals surface area contributed by atoms with E-state index < -0.39 is 18.2 Å². The minimum atomic E-state index is -1.13. The van der Waals surface area contributed by atoms with Gasteiger partial charge in [-0.1, -0.05) is 271 Å². The summed E-state index contributed by atoms with van der Waals surface area (Å²) >= 11 is 0. The zero-order chi connectivity index (χ0) is 40.1. The molecule has 5 heteroatoms. The SMILES string of the molecule is CCCCCCCCCCCCCCCCCCCCCCCCCCCCCCCCC(=O)NC(CO)C(O)C(O)CCCCCCCCCCCCC. The summed E-state index contributed by atoms with van der Waals surface area (Å²) in [6.45, 7) is 4.19. The van der Waals surface area contributed by atoms with Crippen LogP contribution < -0.4 is 5.32 Å². The second-order valence-corrected chi connectivity index (χ2v) is 17.7. The van der Waals surface area contributed by atoms with Gasteiger partial charge in [-0.15, -0.1) is 0 Å². The summed E-state index contributed by atoms with van der Waals surface area (Å²) in [6, 6.07) is -0.802. The van der Waals surface area contributed by atoms with Crippen LogP contribution in [-0.2, 0) is 4.79 Å². The van der Waals surface area contributed by atoms with E-state index >= 15 is 0 Å². The number of rotatable bonds is 47. The van der Waals surface area contributed by atoms with E-state index in [0.717, 1.165) is 38.5 Å². The van der Waals surface area contributed by atoms with Crippen molar-refractivity contribution in [2.24, 2.45) is 0 Å². The number of hydrogen-bond acceptors (Lipinski definition) is 4. The Labute approximate surface area is 345 Å². The smallest absolute Gasteiger partial charge is 0.220 e. The van der Waals surface area contributed by atoms with Crippen LogP contribution in [0.4, 0.5) is 0 Å². The molecular formula is C50H101NO4. The van der Waals surface area contributed by atoms with Crippen molar-refractivity contribution in [3.63, 3.8) is 0 Å². The molecule has 0 heterocycles. The lowest BCUT2D eigenvalue weighted by atomic mass is 9.99. The van der Waals surface area contributed by atoms with Crippen molar-refractivity contribution < 1.29 is 20.1 Å². The summed E-state index contributed by atoms with van der Waals surface area (Å²) in [7, 11) is 0. The molecule has 0 rings (SSSR count). The van der Waals surface area contributed by atoms with Crippen molar-refractivity contribution in [3.8, 4) is 0 Å². The minimum Gasteiger partial charge on any atom is -0.394 e. The van der Waals surface area contributed by atoms with Gasteiger partial charge in [-0.05, 0) is 12.8 Å². The molecule has 330 valence electrons. The Morgan fingerprint density at radius 1 is 0.382 bits per heavy atom. The molecule has 0 bridgehead atoms. The first-order valence-corrected chi connectivity index (χ1v) is 25.3. The van der Waals surface area contributed by atoms with Crippen molar-refractivity contribution >= 4 is 5.91 Å². The highest BCUT2D eigenvalue weighted by Gasteiger charge is 2.26. The van der Waals surface area contributed by atoms with Gasteiger partial charge in [-0.25, -0.2) is 0 Å². The first-order chi connectivity index (χ1) is 27.1. The summed E-state index contributed by atoms with van der Waals surface area (Å²) in [5, 5.41) is 33.5. The van der Waals surface area contributed by atoms with Crippen LogP contribution in [0.2, 0.25) is 0 Å². The van der Waals surface area contributed by atoms with Crippen LogP contribution in [0.1, 0.15) is 290 Å². The van der Waals surface area contributed by atoms with E-state index in [-0.39, 0.29) is 12.5 Å². The molecule has 0 aliphatic carbocycles. The van der Waals surface area contributed by atoms with Gasteiger partial charge in [0.25, 0.3) is 0 Å². The van der Waals surface area contributed by atoms with Crippen LogP contribution in [0.25, 0.3) is 0 Å². The zero-order valence-corrected chi connectivity index (χ0v) is 37.6. The third kappa shape index (κ3) is 41.3. The van der Waals surface area contributed by atoms with E-state index in [1.807, 2.05) is 0 Å². The van der Waals surface area contributed by atoms with Gasteiger partial charge in [0.05, 0.1) is 18.8 Å². The molecule has 3 atom stereocenters. The maximum atomic E-state index is 12.4. The number of hydrogen-bond donors (Lipinski definition) is 4. The molecule has 0 saturated heterocycles. The highest BCUT2D eigenvalue weighted by atomic mass is 16.3. The molecule has 0 aromatic carbocycles. The van der Waals surface area contributed by atoms with Crippen molar-refractivity contribution in [2.75, 3.05) is 6.61 Å². The average Bonchev–Trinajstić information content (AvgIpc) is 3.19. The van der Waals surface area contributed by atoms with Crippen LogP contribution >= 0.6 is 0 Å². The van der Waals surface area contributed by atoms with E-state index in [1.165, 1.54) is 225 Å². The molecule has 0 aliphatic rings. The maximum Gasteiger partial charge on any atom is 0.220 e. The number of amides is 1. The molecule has 0 aromatic heterocycles. The molecule has 0 aliphatic heterocycles. The lowest BCUT2D eigenvalue weighted by molar-refractivity contribution is -0.124. The fourth-order valence-electron chi connectivity index (χ4n) is 8.28. The first kappa shape index (κ1) is 54.3. The van der Waals surface area contributed by atoms with Gasteiger partial charge in [0, 0.05) is 6.42 Å². The normalized spacial score (nSPS) is 13.3. The van der Waals surface area contributed by atoms with E-state index in [0.29, 0.717) is 12.8 Å². The predicted molar refractivity (Wildman–Crippen MR) is 241 cm³/mol. The lowest BCUT2D eigenvalue weighted by Crippen LogP contribution is -2.50. The van der Waals surface area contributed by atoms with Crippen molar-refractivity contribution in [1.29, 1.82) is 0 Å². The van der Waals surface area contributed by atoms with Crippen LogP contribution in [-0.4, -0.2) is 46.1 Å². The minimum absolute atomic E-state index is 0.139. The molecule has 5 nitrogen and oxygen atoms in total. The molecule has 4 N–H and O–H groups in total. The van der Waals surface area contributed by atoms with E-state index in [2.05, 4.69) is 19.2 Å². The number of aliphatic hydroxyl groups is 3. The fourth-order valence-corrected chi connectivity index (χ4v) is 8.28. The highest BCUT2D eigenvalue weighted by molar-refractivity contribution is 5.76. The Kier molecular flexibility index (Phi) is 45.5. The number of carbonyl (C=O) groups excluding carboxylic acids is 1. The third-order valence-corrected chi connectivity index (χ3v) is 12.2. The van der Waals surface area contributed by atoms with Gasteiger partial charge in [-0.2, -0.15) is 0 Å². The van der Waals surface area contributed by atoms with Gasteiger partial charge in [0.2, 0.25) is 5.91 Å². The molecular weight excluding hydrogens is 679 g/mol. The number of carbonyl (C=O) groups is 1. The third-order valence-electron chi connectivity index (χ3n) is 12.2. The molecule has 3 unspecified atom stereocenters. The quantitative estimate of drug-likeness (QED) is 0.0463. The number of unbranched alkanes of at least 4 members (excludes halogenated alkanes) is 39. The van der Waals surface area contributed by atoms with E-state index in [9.17, 15) is 20.1 Å². The van der Waals surface area contributed by atoms with Gasteiger partial charge in [-0.3, -0.25) is 4.79 Å². The molecule has 0 radical (unpaired) electrons. The molecule has 0 spiro atoms. The lowest BCUT2D eigenvalue weighted by Gasteiger charge is -2.26. The van der Waals surface area contributed by atoms with Gasteiger partial charge in [0.1, 0.15) is 6.10 Å². The zero-order valence-electron chi connectivity index (χ0n) is 37.6. The Bertz CT molecular complexity index is 733. The molecule has 0 saturated carbocycles. The fraction of sp³-hybridized carbons (Fsp3) is 0.980. The van der Waals surface area contributed by atoms with Crippen molar-refractivity contribution in [2.45, 2.75) is 308 Å². The van der Waals surface area contributed by atoms with E-state index in [4.69, 9.17) is 0 Å². The van der Waals surface area contributed by atoms with Crippen LogP contribution in [0.15, 0.2) is 0 Å². The van der Waals surface area contributed by atoms with Crippen LogP contribution in [0, 0.1) is 0 Å². The number of aliphatic hydroxyl groups excluding tert-OH is 3. The Morgan fingerprint density at radius 3 is 0.873 bits per heavy atom. The van der Waals surface area contributed by atoms with Gasteiger partial charge >= 0.3 is 0 Å². The summed E-state index contributed by atoms with van der Waals surface area (Å²) < 4.78 is 0. The topological polar surface area (TPSA) is 89.8 Å². The Hall–Kier alpha value is -0.650. The van der Waals surface area contributed by atoms with Crippen molar-refractivity contribution in [1.82, 2.24) is 5.32 Å². The predicted octanol–water partition coefficient (Wildman–Crippen LogP) is 15.0. The van der Waals surface area contributed by atoms with Crippen LogP contribution in [0.5, 0.6) is 0 Å². The Balaban J connectivity index is 3.43. The largest absolute Gasteiger partial charge is 0.394 e. The maximum absolute atomic E-state index is 12.4. The van der Waals surface area contributed by atoms with E-state index in [1.54, 1.807) is 0 Å². The first-order valence-electron chi connectivity index (χ1n) is 25.3. The number of nitrogens with one attached hydrogen (secondary N) is 1.